The van der Waals surface area contributed by atoms with Crippen molar-refractivity contribution >= 4 is 22.6 Å². The Bertz CT molecular complexity index is 1120. The van der Waals surface area contributed by atoms with Crippen LogP contribution in [0.2, 0.25) is 0 Å². The molecule has 2 saturated heterocycles. The number of carbonyl (C=O) groups is 2. The van der Waals surface area contributed by atoms with Crippen LogP contribution >= 0.6 is 0 Å². The predicted octanol–water partition coefficient (Wildman–Crippen LogP) is 3.33. The van der Waals surface area contributed by atoms with Crippen LogP contribution in [-0.4, -0.2) is 58.8 Å². The van der Waals surface area contributed by atoms with E-state index in [9.17, 15) is 9.59 Å². The summed E-state index contributed by atoms with van der Waals surface area (Å²) >= 11 is 0. The van der Waals surface area contributed by atoms with Crippen molar-refractivity contribution in [1.29, 1.82) is 0 Å². The summed E-state index contributed by atoms with van der Waals surface area (Å²) in [7, 11) is 0. The van der Waals surface area contributed by atoms with Crippen molar-refractivity contribution < 1.29 is 9.59 Å². The second-order valence-corrected chi connectivity index (χ2v) is 9.06. The molecule has 2 aliphatic heterocycles. The smallest absolute Gasteiger partial charge is 0.237 e. The summed E-state index contributed by atoms with van der Waals surface area (Å²) < 4.78 is 0. The minimum Gasteiger partial charge on any atom is -0.353 e. The average Bonchev–Trinajstić information content (AvgIpc) is 2.87. The number of nitrogens with zero attached hydrogens (tertiary/aromatic N) is 3. The molecular formula is C27H30N4O2. The molecule has 2 aliphatic rings. The van der Waals surface area contributed by atoms with Gasteiger partial charge < -0.3 is 10.2 Å². The molecule has 33 heavy (non-hydrogen) atoms. The second-order valence-electron chi connectivity index (χ2n) is 9.06. The predicted molar refractivity (Wildman–Crippen MR) is 129 cm³/mol. The quantitative estimate of drug-likeness (QED) is 0.658. The van der Waals surface area contributed by atoms with E-state index < -0.39 is 6.04 Å². The lowest BCUT2D eigenvalue weighted by atomic mass is 9.90. The van der Waals surface area contributed by atoms with E-state index in [1.165, 1.54) is 21.9 Å². The first-order valence-corrected chi connectivity index (χ1v) is 11.8. The summed E-state index contributed by atoms with van der Waals surface area (Å²) in [5.41, 5.74) is 2.49. The molecule has 6 nitrogen and oxygen atoms in total. The molecular weight excluding hydrogens is 412 g/mol. The molecule has 6 heteroatoms. The van der Waals surface area contributed by atoms with Gasteiger partial charge in [-0.1, -0.05) is 42.5 Å². The van der Waals surface area contributed by atoms with E-state index in [0.29, 0.717) is 19.0 Å². The van der Waals surface area contributed by atoms with Crippen molar-refractivity contribution in [2.75, 3.05) is 26.2 Å². The van der Waals surface area contributed by atoms with Crippen molar-refractivity contribution in [3.8, 4) is 0 Å². The standard InChI is InChI=1S/C27H30N4O2/c32-26(30-15-10-21(11-16-30)20-8-12-28-13-9-20)18-25-27(33)29-14-17-31(25)19-23-6-3-5-22-4-1-2-7-24(22)23/h1-9,12-13,21,25H,10-11,14-19H2,(H,29,33)/t25-/m0/s1. The first-order valence-electron chi connectivity index (χ1n) is 11.8. The zero-order chi connectivity index (χ0) is 22.6. The summed E-state index contributed by atoms with van der Waals surface area (Å²) in [6.07, 6.45) is 5.80. The Morgan fingerprint density at radius 2 is 1.73 bits per heavy atom. The number of likely N-dealkylation sites (tertiary alicyclic amines) is 1. The van der Waals surface area contributed by atoms with Crippen LogP contribution in [0.4, 0.5) is 0 Å². The molecule has 2 amide bonds. The van der Waals surface area contributed by atoms with Gasteiger partial charge in [0.15, 0.2) is 0 Å². The molecule has 0 radical (unpaired) electrons. The van der Waals surface area contributed by atoms with Gasteiger partial charge in [-0.05, 0) is 52.8 Å². The third-order valence-electron chi connectivity index (χ3n) is 7.09. The third-order valence-corrected chi connectivity index (χ3v) is 7.09. The summed E-state index contributed by atoms with van der Waals surface area (Å²) in [4.78, 5) is 34.2. The maximum absolute atomic E-state index is 13.2. The van der Waals surface area contributed by atoms with Gasteiger partial charge in [-0.15, -0.1) is 0 Å². The number of hydrogen-bond donors (Lipinski definition) is 1. The molecule has 0 aliphatic carbocycles. The molecule has 0 spiro atoms. The number of rotatable bonds is 5. The van der Waals surface area contributed by atoms with Gasteiger partial charge in [-0.25, -0.2) is 0 Å². The van der Waals surface area contributed by atoms with Gasteiger partial charge in [0, 0.05) is 45.1 Å². The van der Waals surface area contributed by atoms with Gasteiger partial charge in [0.2, 0.25) is 11.8 Å². The van der Waals surface area contributed by atoms with E-state index in [2.05, 4.69) is 57.7 Å². The van der Waals surface area contributed by atoms with E-state index >= 15 is 0 Å². The van der Waals surface area contributed by atoms with Crippen molar-refractivity contribution in [2.45, 2.75) is 37.8 Å². The SMILES string of the molecule is O=C1NCCN(Cc2cccc3ccccc23)[C@H]1CC(=O)N1CCC(c2ccncc2)CC1. The Morgan fingerprint density at radius 3 is 2.55 bits per heavy atom. The normalized spacial score (nSPS) is 20.1. The fourth-order valence-electron chi connectivity index (χ4n) is 5.21. The van der Waals surface area contributed by atoms with Gasteiger partial charge in [-0.2, -0.15) is 0 Å². The van der Waals surface area contributed by atoms with Crippen LogP contribution < -0.4 is 5.32 Å². The van der Waals surface area contributed by atoms with Gasteiger partial charge in [-0.3, -0.25) is 19.5 Å². The highest BCUT2D eigenvalue weighted by Gasteiger charge is 2.34. The van der Waals surface area contributed by atoms with E-state index in [4.69, 9.17) is 0 Å². The van der Waals surface area contributed by atoms with Crippen LogP contribution in [0.3, 0.4) is 0 Å². The monoisotopic (exact) mass is 442 g/mol. The fourth-order valence-corrected chi connectivity index (χ4v) is 5.21. The minimum absolute atomic E-state index is 0.0403. The Kier molecular flexibility index (Phi) is 6.35. The number of hydrogen-bond acceptors (Lipinski definition) is 4. The average molecular weight is 443 g/mol. The first kappa shape index (κ1) is 21.6. The number of amides is 2. The summed E-state index contributed by atoms with van der Waals surface area (Å²) in [5, 5.41) is 5.36. The van der Waals surface area contributed by atoms with Crippen molar-refractivity contribution in [1.82, 2.24) is 20.1 Å². The molecule has 5 rings (SSSR count). The molecule has 0 bridgehead atoms. The van der Waals surface area contributed by atoms with Gasteiger partial charge >= 0.3 is 0 Å². The largest absolute Gasteiger partial charge is 0.353 e. The van der Waals surface area contributed by atoms with Crippen molar-refractivity contribution in [2.24, 2.45) is 0 Å². The highest BCUT2D eigenvalue weighted by atomic mass is 16.2. The summed E-state index contributed by atoms with van der Waals surface area (Å²) in [5.74, 6) is 0.507. The fraction of sp³-hybridized carbons (Fsp3) is 0.370. The van der Waals surface area contributed by atoms with Gasteiger partial charge in [0.1, 0.15) is 0 Å². The summed E-state index contributed by atoms with van der Waals surface area (Å²) in [6.45, 7) is 3.51. The van der Waals surface area contributed by atoms with E-state index in [1.54, 1.807) is 0 Å². The number of fused-ring (bicyclic) bond motifs is 1. The van der Waals surface area contributed by atoms with Crippen LogP contribution in [0.1, 0.15) is 36.3 Å². The molecule has 2 fully saturated rings. The lowest BCUT2D eigenvalue weighted by Gasteiger charge is -2.37. The number of benzene rings is 2. The van der Waals surface area contributed by atoms with Crippen LogP contribution in [0.25, 0.3) is 10.8 Å². The van der Waals surface area contributed by atoms with Crippen LogP contribution in [-0.2, 0) is 16.1 Å². The van der Waals surface area contributed by atoms with Crippen LogP contribution in [0.5, 0.6) is 0 Å². The lowest BCUT2D eigenvalue weighted by molar-refractivity contribution is -0.139. The highest BCUT2D eigenvalue weighted by Crippen LogP contribution is 2.28. The summed E-state index contributed by atoms with van der Waals surface area (Å²) in [6, 6.07) is 18.3. The number of carbonyl (C=O) groups excluding carboxylic acids is 2. The highest BCUT2D eigenvalue weighted by molar-refractivity contribution is 5.89. The van der Waals surface area contributed by atoms with Crippen LogP contribution in [0, 0.1) is 0 Å². The molecule has 0 unspecified atom stereocenters. The number of nitrogens with one attached hydrogen (secondary N) is 1. The van der Waals surface area contributed by atoms with Crippen LogP contribution in [0.15, 0.2) is 67.0 Å². The lowest BCUT2D eigenvalue weighted by Crippen LogP contribution is -2.56. The number of aromatic nitrogens is 1. The number of piperidine rings is 1. The molecule has 170 valence electrons. The second kappa shape index (κ2) is 9.71. The third kappa shape index (κ3) is 4.76. The Hall–Kier alpha value is -3.25. The van der Waals surface area contributed by atoms with Gasteiger partial charge in [0.05, 0.1) is 12.5 Å². The maximum atomic E-state index is 13.2. The Morgan fingerprint density at radius 1 is 0.970 bits per heavy atom. The van der Waals surface area contributed by atoms with E-state index in [-0.39, 0.29) is 18.2 Å². The first-order chi connectivity index (χ1) is 16.2. The Labute approximate surface area is 194 Å². The molecule has 2 aromatic carbocycles. The number of piperazine rings is 1. The Balaban J connectivity index is 1.25. The molecule has 1 N–H and O–H groups in total. The topological polar surface area (TPSA) is 65.5 Å². The molecule has 1 atom stereocenters. The zero-order valence-corrected chi connectivity index (χ0v) is 18.8. The van der Waals surface area contributed by atoms with Gasteiger partial charge in [0.25, 0.3) is 0 Å². The molecule has 0 saturated carbocycles. The van der Waals surface area contributed by atoms with E-state index in [1.807, 2.05) is 29.4 Å². The minimum atomic E-state index is -0.428. The molecule has 1 aromatic heterocycles. The molecule has 3 aromatic rings. The van der Waals surface area contributed by atoms with E-state index in [0.717, 1.165) is 32.5 Å². The number of pyridine rings is 1. The van der Waals surface area contributed by atoms with Crippen molar-refractivity contribution in [3.63, 3.8) is 0 Å². The molecule has 3 heterocycles. The zero-order valence-electron chi connectivity index (χ0n) is 18.8. The van der Waals surface area contributed by atoms with Crippen molar-refractivity contribution in [3.05, 3.63) is 78.1 Å². The maximum Gasteiger partial charge on any atom is 0.237 e.